The number of aromatic nitrogens is 5. The molecular formula is C33H39ClF3N7O3. The minimum absolute atomic E-state index is 0.0116. The predicted octanol–water partition coefficient (Wildman–Crippen LogP) is 5.79. The molecule has 2 N–H and O–H groups in total. The molecule has 4 aliphatic rings. The molecule has 1 spiro atoms. The molecule has 4 aromatic rings. The maximum absolute atomic E-state index is 16.5. The van der Waals surface area contributed by atoms with Crippen molar-refractivity contribution in [3.8, 4) is 17.3 Å². The second kappa shape index (κ2) is 12.6. The molecular weight excluding hydrogens is 635 g/mol. The summed E-state index contributed by atoms with van der Waals surface area (Å²) in [5.74, 6) is -2.33. The zero-order valence-corrected chi connectivity index (χ0v) is 27.3. The van der Waals surface area contributed by atoms with Gasteiger partial charge in [-0.25, -0.2) is 13.2 Å². The Balaban J connectivity index is 0.000000334. The Morgan fingerprint density at radius 2 is 1.94 bits per heavy atom. The van der Waals surface area contributed by atoms with Crippen LogP contribution in [-0.4, -0.2) is 100 Å². The van der Waals surface area contributed by atoms with Gasteiger partial charge in [0.25, 0.3) is 5.92 Å². The van der Waals surface area contributed by atoms with Crippen LogP contribution in [0.5, 0.6) is 6.01 Å². The Labute approximate surface area is 275 Å². The highest BCUT2D eigenvalue weighted by atomic mass is 35.5. The Morgan fingerprint density at radius 3 is 2.60 bits per heavy atom. The van der Waals surface area contributed by atoms with Gasteiger partial charge >= 0.3 is 6.01 Å². The summed E-state index contributed by atoms with van der Waals surface area (Å²) in [6, 6.07) is 2.12. The van der Waals surface area contributed by atoms with Gasteiger partial charge in [-0.2, -0.15) is 15.1 Å². The van der Waals surface area contributed by atoms with E-state index in [9.17, 15) is 13.9 Å². The van der Waals surface area contributed by atoms with Gasteiger partial charge in [-0.1, -0.05) is 11.6 Å². The summed E-state index contributed by atoms with van der Waals surface area (Å²) < 4.78 is 52.0. The first-order valence-corrected chi connectivity index (χ1v) is 16.6. The maximum Gasteiger partial charge on any atom is 0.318 e. The third kappa shape index (κ3) is 6.11. The van der Waals surface area contributed by atoms with Crippen LogP contribution in [0.15, 0.2) is 18.5 Å². The number of anilines is 1. The van der Waals surface area contributed by atoms with Crippen molar-refractivity contribution in [2.24, 2.45) is 5.41 Å². The number of benzene rings is 1. The number of nitrogens with one attached hydrogen (secondary N) is 1. The number of aliphatic hydroxyl groups excluding tert-OH is 1. The molecule has 0 bridgehead atoms. The second-order valence-corrected chi connectivity index (χ2v) is 13.8. The average Bonchev–Trinajstić information content (AvgIpc) is 3.58. The van der Waals surface area contributed by atoms with Gasteiger partial charge in [-0.05, 0) is 62.0 Å². The van der Waals surface area contributed by atoms with Gasteiger partial charge in [0.1, 0.15) is 17.0 Å². The molecule has 0 radical (unpaired) electrons. The lowest BCUT2D eigenvalue weighted by Gasteiger charge is -2.51. The molecule has 1 saturated carbocycles. The van der Waals surface area contributed by atoms with Crippen LogP contribution in [0.2, 0.25) is 5.02 Å². The number of fused-ring (bicyclic) bond motifs is 3. The van der Waals surface area contributed by atoms with Crippen LogP contribution < -0.4 is 9.64 Å². The average molecular weight is 674 g/mol. The Bertz CT molecular complexity index is 1760. The van der Waals surface area contributed by atoms with Crippen LogP contribution in [0.3, 0.4) is 0 Å². The topological polar surface area (TPSA) is 113 Å². The number of halogens is 4. The Hall–Kier alpha value is -3.26. The monoisotopic (exact) mass is 673 g/mol. The second-order valence-electron chi connectivity index (χ2n) is 13.4. The van der Waals surface area contributed by atoms with Crippen LogP contribution in [0.4, 0.5) is 19.0 Å². The van der Waals surface area contributed by atoms with E-state index in [0.29, 0.717) is 46.8 Å². The van der Waals surface area contributed by atoms with Crippen molar-refractivity contribution >= 4 is 39.2 Å². The number of pyridine rings is 1. The van der Waals surface area contributed by atoms with E-state index in [-0.39, 0.29) is 47.7 Å². The van der Waals surface area contributed by atoms with Crippen molar-refractivity contribution in [3.05, 3.63) is 34.9 Å². The molecule has 10 nitrogen and oxygen atoms in total. The third-order valence-electron chi connectivity index (χ3n) is 10.2. The molecule has 3 aliphatic heterocycles. The van der Waals surface area contributed by atoms with E-state index in [1.165, 1.54) is 7.11 Å². The minimum Gasteiger partial charge on any atom is -0.467 e. The summed E-state index contributed by atoms with van der Waals surface area (Å²) in [4.78, 5) is 17.7. The fraction of sp³-hybridized carbons (Fsp3) is 0.576. The summed E-state index contributed by atoms with van der Waals surface area (Å²) in [7, 11) is 3.12. The van der Waals surface area contributed by atoms with Crippen LogP contribution in [0.25, 0.3) is 33.1 Å². The summed E-state index contributed by atoms with van der Waals surface area (Å²) in [5, 5.41) is 18.8. The highest BCUT2D eigenvalue weighted by Crippen LogP contribution is 2.49. The van der Waals surface area contributed by atoms with E-state index >= 15 is 4.39 Å². The number of aromatic amines is 1. The van der Waals surface area contributed by atoms with E-state index in [1.807, 2.05) is 4.90 Å². The molecule has 1 aliphatic carbocycles. The van der Waals surface area contributed by atoms with Gasteiger partial charge in [0.2, 0.25) is 0 Å². The van der Waals surface area contributed by atoms with Gasteiger partial charge in [0, 0.05) is 68.0 Å². The van der Waals surface area contributed by atoms with Crippen molar-refractivity contribution in [3.63, 3.8) is 0 Å². The number of methoxy groups -OCH3 is 2. The van der Waals surface area contributed by atoms with Gasteiger partial charge in [-0.15, -0.1) is 0 Å². The quantitative estimate of drug-likeness (QED) is 0.236. The first-order chi connectivity index (χ1) is 22.6. The Morgan fingerprint density at radius 1 is 1.11 bits per heavy atom. The SMILES string of the molecule is COCCCc1c(Cl)cc2[nH]ncc2c1-c1ncc2c(N3CCCC4(CC(O)C4)C3)nc(OC)nc2c1F.FC1(F)CC2CCN2C1. The van der Waals surface area contributed by atoms with Crippen molar-refractivity contribution in [2.45, 2.75) is 69.4 Å². The number of nitrogens with zero attached hydrogens (tertiary/aromatic N) is 6. The van der Waals surface area contributed by atoms with E-state index < -0.39 is 11.7 Å². The highest BCUT2D eigenvalue weighted by molar-refractivity contribution is 6.33. The van der Waals surface area contributed by atoms with Crippen molar-refractivity contribution < 1.29 is 27.8 Å². The van der Waals surface area contributed by atoms with Gasteiger partial charge in [-0.3, -0.25) is 15.0 Å². The molecule has 0 amide bonds. The molecule has 1 unspecified atom stereocenters. The van der Waals surface area contributed by atoms with Crippen LogP contribution in [0.1, 0.15) is 50.5 Å². The summed E-state index contributed by atoms with van der Waals surface area (Å²) in [6.45, 7) is 2.98. The number of hydrogen-bond donors (Lipinski definition) is 2. The van der Waals surface area contributed by atoms with Crippen LogP contribution in [0, 0.1) is 11.2 Å². The molecule has 1 atom stereocenters. The van der Waals surface area contributed by atoms with Crippen molar-refractivity contribution in [1.29, 1.82) is 0 Å². The number of rotatable bonds is 7. The predicted molar refractivity (Wildman–Crippen MR) is 173 cm³/mol. The number of alkyl halides is 2. The summed E-state index contributed by atoms with van der Waals surface area (Å²) in [5.41, 5.74) is 2.44. The van der Waals surface area contributed by atoms with Crippen LogP contribution in [-0.2, 0) is 11.2 Å². The smallest absolute Gasteiger partial charge is 0.318 e. The number of H-pyrrole nitrogens is 1. The normalized spacial score (nSPS) is 25.0. The molecule has 47 heavy (non-hydrogen) atoms. The fourth-order valence-corrected chi connectivity index (χ4v) is 8.14. The molecule has 14 heteroatoms. The summed E-state index contributed by atoms with van der Waals surface area (Å²) >= 11 is 6.69. The van der Waals surface area contributed by atoms with E-state index in [4.69, 9.17) is 21.1 Å². The first-order valence-electron chi connectivity index (χ1n) is 16.2. The number of ether oxygens (including phenoxy) is 2. The molecule has 3 aromatic heterocycles. The minimum atomic E-state index is -2.37. The van der Waals surface area contributed by atoms with Crippen molar-refractivity contribution in [1.82, 2.24) is 30.0 Å². The standard InChI is InChI=1S/C27H30ClFN6O3.C6H9F2N/c1-37-8-3-5-16-19(28)9-20-17(13-31-34-20)21(16)24-22(29)23-18(12-30-24)25(33-26(32-23)38-2)35-7-4-6-27(14-35)10-15(36)11-27;7-6(8)3-5-1-2-9(5)4-6/h9,12-13,15,36H,3-8,10-11,14H2,1-2H3,(H,31,34);5H,1-4H2. The zero-order valence-electron chi connectivity index (χ0n) is 26.5. The first kappa shape index (κ1) is 32.3. The lowest BCUT2D eigenvalue weighted by atomic mass is 9.62. The van der Waals surface area contributed by atoms with Gasteiger partial charge < -0.3 is 19.5 Å². The fourth-order valence-electron chi connectivity index (χ4n) is 7.84. The van der Waals surface area contributed by atoms with Crippen LogP contribution >= 0.6 is 11.6 Å². The Kier molecular flexibility index (Phi) is 8.69. The van der Waals surface area contributed by atoms with Crippen molar-refractivity contribution in [2.75, 3.05) is 51.9 Å². The number of hydrogen-bond acceptors (Lipinski definition) is 9. The third-order valence-corrected chi connectivity index (χ3v) is 10.5. The molecule has 1 aromatic carbocycles. The largest absolute Gasteiger partial charge is 0.467 e. The number of aliphatic hydroxyl groups is 1. The molecule has 8 rings (SSSR count). The zero-order chi connectivity index (χ0) is 32.9. The van der Waals surface area contributed by atoms with Gasteiger partial charge in [0.05, 0.1) is 36.9 Å². The lowest BCUT2D eigenvalue weighted by molar-refractivity contribution is -0.0396. The molecule has 252 valence electrons. The maximum atomic E-state index is 16.5. The van der Waals surface area contributed by atoms with E-state index in [1.54, 1.807) is 25.6 Å². The molecule has 3 saturated heterocycles. The van der Waals surface area contributed by atoms with Gasteiger partial charge in [0.15, 0.2) is 5.82 Å². The van der Waals surface area contributed by atoms with E-state index in [2.05, 4.69) is 30.0 Å². The highest BCUT2D eigenvalue weighted by Gasteiger charge is 2.49. The van der Waals surface area contributed by atoms with E-state index in [0.717, 1.165) is 62.7 Å². The molecule has 4 fully saturated rings. The molecule has 6 heterocycles. The number of piperidine rings is 1. The summed E-state index contributed by atoms with van der Waals surface area (Å²) in [6.07, 6.45) is 9.05. The lowest BCUT2D eigenvalue weighted by Crippen LogP contribution is -2.52.